The lowest BCUT2D eigenvalue weighted by atomic mass is 10.1. The van der Waals surface area contributed by atoms with Gasteiger partial charge in [-0.15, -0.1) is 0 Å². The number of piperazine rings is 1. The van der Waals surface area contributed by atoms with Crippen molar-refractivity contribution in [3.05, 3.63) is 70.9 Å². The van der Waals surface area contributed by atoms with Gasteiger partial charge in [-0.2, -0.15) is 0 Å². The van der Waals surface area contributed by atoms with Crippen molar-refractivity contribution >= 4 is 22.5 Å². The summed E-state index contributed by atoms with van der Waals surface area (Å²) in [6.07, 6.45) is 0. The van der Waals surface area contributed by atoms with Gasteiger partial charge in [-0.3, -0.25) is 14.8 Å². The molecule has 0 unspecified atom stereocenters. The van der Waals surface area contributed by atoms with Gasteiger partial charge in [0.2, 0.25) is 0 Å². The molecule has 1 N–H and O–H groups in total. The number of aromatic hydroxyl groups is 1. The molecule has 1 aliphatic heterocycles. The van der Waals surface area contributed by atoms with Crippen molar-refractivity contribution in [3.63, 3.8) is 0 Å². The van der Waals surface area contributed by atoms with E-state index in [1.54, 1.807) is 6.07 Å². The van der Waals surface area contributed by atoms with Crippen LogP contribution in [0, 0.1) is 0 Å². The number of hydrogen-bond acceptors (Lipinski definition) is 4. The summed E-state index contributed by atoms with van der Waals surface area (Å²) in [6, 6.07) is 17.5. The van der Waals surface area contributed by atoms with Crippen LogP contribution in [-0.2, 0) is 13.1 Å². The van der Waals surface area contributed by atoms with Crippen molar-refractivity contribution in [3.8, 4) is 5.75 Å². The number of fused-ring (bicyclic) bond motifs is 1. The van der Waals surface area contributed by atoms with E-state index in [1.165, 1.54) is 0 Å². The normalized spacial score (nSPS) is 16.2. The van der Waals surface area contributed by atoms with Crippen LogP contribution in [0.25, 0.3) is 10.9 Å². The Balaban J connectivity index is 1.34. The molecule has 0 bridgehead atoms. The van der Waals surface area contributed by atoms with Gasteiger partial charge in [-0.25, -0.2) is 0 Å². The number of phenolic OH excluding ortho intramolecular Hbond substituents is 1. The number of pyridine rings is 1. The minimum Gasteiger partial charge on any atom is -0.508 e. The number of benzene rings is 2. The predicted molar refractivity (Wildman–Crippen MR) is 105 cm³/mol. The number of rotatable bonds is 4. The van der Waals surface area contributed by atoms with Gasteiger partial charge < -0.3 is 5.11 Å². The number of phenols is 1. The minimum absolute atomic E-state index is 0.338. The Hall–Kier alpha value is -2.14. The van der Waals surface area contributed by atoms with Crippen LogP contribution < -0.4 is 0 Å². The van der Waals surface area contributed by atoms with Crippen LogP contribution in [0.3, 0.4) is 0 Å². The maximum atomic E-state index is 9.60. The highest BCUT2D eigenvalue weighted by Crippen LogP contribution is 2.19. The second kappa shape index (κ2) is 7.62. The van der Waals surface area contributed by atoms with Crippen molar-refractivity contribution in [2.45, 2.75) is 13.1 Å². The fourth-order valence-electron chi connectivity index (χ4n) is 3.47. The first-order valence-electron chi connectivity index (χ1n) is 8.93. The van der Waals surface area contributed by atoms with E-state index in [9.17, 15) is 5.11 Å². The van der Waals surface area contributed by atoms with Gasteiger partial charge in [0.15, 0.2) is 0 Å². The smallest absolute Gasteiger partial charge is 0.115 e. The monoisotopic (exact) mass is 367 g/mol. The van der Waals surface area contributed by atoms with E-state index in [0.717, 1.165) is 66.5 Å². The van der Waals surface area contributed by atoms with Crippen LogP contribution in [-0.4, -0.2) is 46.1 Å². The van der Waals surface area contributed by atoms with Crippen molar-refractivity contribution in [2.24, 2.45) is 0 Å². The summed E-state index contributed by atoms with van der Waals surface area (Å²) in [5.41, 5.74) is 3.25. The maximum absolute atomic E-state index is 9.60. The summed E-state index contributed by atoms with van der Waals surface area (Å²) in [7, 11) is 0. The molecule has 1 aliphatic rings. The third-order valence-electron chi connectivity index (χ3n) is 4.88. The Bertz CT molecular complexity index is 907. The summed E-state index contributed by atoms with van der Waals surface area (Å²) >= 11 is 6.04. The van der Waals surface area contributed by atoms with E-state index in [-0.39, 0.29) is 0 Å². The lowest BCUT2D eigenvalue weighted by Gasteiger charge is -2.34. The van der Waals surface area contributed by atoms with Crippen LogP contribution >= 0.6 is 11.6 Å². The third-order valence-corrected chi connectivity index (χ3v) is 5.11. The topological polar surface area (TPSA) is 39.6 Å². The van der Waals surface area contributed by atoms with Crippen LogP contribution in [0.5, 0.6) is 5.75 Å². The van der Waals surface area contributed by atoms with Gasteiger partial charge in [0.1, 0.15) is 5.75 Å². The molecule has 1 fully saturated rings. The summed E-state index contributed by atoms with van der Waals surface area (Å²) in [6.45, 7) is 5.87. The standard InChI is InChI=1S/C21H22ClN3O/c22-18-5-7-21-17(13-18)4-6-19(23-21)15-25-10-8-24(9-11-25)14-16-2-1-3-20(26)12-16/h1-7,12-13,26H,8-11,14-15H2. The molecular weight excluding hydrogens is 346 g/mol. The quantitative estimate of drug-likeness (QED) is 0.758. The Labute approximate surface area is 158 Å². The molecule has 0 radical (unpaired) electrons. The number of aromatic nitrogens is 1. The Morgan fingerprint density at radius 1 is 0.885 bits per heavy atom. The first kappa shape index (κ1) is 17.3. The zero-order valence-corrected chi connectivity index (χ0v) is 15.4. The lowest BCUT2D eigenvalue weighted by molar-refractivity contribution is 0.121. The molecule has 5 heteroatoms. The molecule has 4 rings (SSSR count). The molecule has 1 aromatic heterocycles. The van der Waals surface area contributed by atoms with Crippen LogP contribution in [0.4, 0.5) is 0 Å². The zero-order valence-electron chi connectivity index (χ0n) is 14.6. The molecule has 0 amide bonds. The molecule has 2 heterocycles. The Kier molecular flexibility index (Phi) is 5.07. The fourth-order valence-corrected chi connectivity index (χ4v) is 3.65. The Morgan fingerprint density at radius 3 is 2.42 bits per heavy atom. The van der Waals surface area contributed by atoms with Gasteiger partial charge in [-0.1, -0.05) is 29.8 Å². The van der Waals surface area contributed by atoms with E-state index >= 15 is 0 Å². The van der Waals surface area contributed by atoms with Gasteiger partial charge >= 0.3 is 0 Å². The SMILES string of the molecule is Oc1cccc(CN2CCN(Cc3ccc4cc(Cl)ccc4n3)CC2)c1. The Morgan fingerprint density at radius 2 is 1.65 bits per heavy atom. The lowest BCUT2D eigenvalue weighted by Crippen LogP contribution is -2.45. The number of hydrogen-bond donors (Lipinski definition) is 1. The highest BCUT2D eigenvalue weighted by atomic mass is 35.5. The van der Waals surface area contributed by atoms with E-state index in [2.05, 4.69) is 28.0 Å². The van der Waals surface area contributed by atoms with Gasteiger partial charge in [0, 0.05) is 49.7 Å². The summed E-state index contributed by atoms with van der Waals surface area (Å²) in [4.78, 5) is 9.64. The first-order valence-corrected chi connectivity index (χ1v) is 9.31. The highest BCUT2D eigenvalue weighted by Gasteiger charge is 2.17. The van der Waals surface area contributed by atoms with E-state index < -0.39 is 0 Å². The molecule has 26 heavy (non-hydrogen) atoms. The summed E-state index contributed by atoms with van der Waals surface area (Å²) in [5, 5.41) is 11.4. The molecule has 3 aromatic rings. The second-order valence-electron chi connectivity index (χ2n) is 6.86. The molecule has 0 saturated carbocycles. The number of halogens is 1. The zero-order chi connectivity index (χ0) is 17.9. The van der Waals surface area contributed by atoms with Crippen LogP contribution in [0.15, 0.2) is 54.6 Å². The van der Waals surface area contributed by atoms with Crippen molar-refractivity contribution < 1.29 is 5.11 Å². The molecule has 4 nitrogen and oxygen atoms in total. The predicted octanol–water partition coefficient (Wildman–Crippen LogP) is 3.91. The van der Waals surface area contributed by atoms with Crippen molar-refractivity contribution in [1.29, 1.82) is 0 Å². The summed E-state index contributed by atoms with van der Waals surface area (Å²) in [5.74, 6) is 0.338. The molecule has 1 saturated heterocycles. The average molecular weight is 368 g/mol. The maximum Gasteiger partial charge on any atom is 0.115 e. The van der Waals surface area contributed by atoms with Crippen LogP contribution in [0.1, 0.15) is 11.3 Å². The van der Waals surface area contributed by atoms with E-state index in [1.807, 2.05) is 30.3 Å². The largest absolute Gasteiger partial charge is 0.508 e. The molecule has 134 valence electrons. The summed E-state index contributed by atoms with van der Waals surface area (Å²) < 4.78 is 0. The van der Waals surface area contributed by atoms with E-state index in [0.29, 0.717) is 5.75 Å². The third kappa shape index (κ3) is 4.15. The second-order valence-corrected chi connectivity index (χ2v) is 7.30. The van der Waals surface area contributed by atoms with Crippen LogP contribution in [0.2, 0.25) is 5.02 Å². The fraction of sp³-hybridized carbons (Fsp3) is 0.286. The highest BCUT2D eigenvalue weighted by molar-refractivity contribution is 6.31. The number of nitrogens with zero attached hydrogens (tertiary/aromatic N) is 3. The first-order chi connectivity index (χ1) is 12.7. The van der Waals surface area contributed by atoms with Crippen molar-refractivity contribution in [1.82, 2.24) is 14.8 Å². The van der Waals surface area contributed by atoms with Crippen molar-refractivity contribution in [2.75, 3.05) is 26.2 Å². The molecule has 0 spiro atoms. The van der Waals surface area contributed by atoms with E-state index in [4.69, 9.17) is 16.6 Å². The average Bonchev–Trinajstić information content (AvgIpc) is 2.64. The minimum atomic E-state index is 0.338. The molecule has 0 aliphatic carbocycles. The molecular formula is C21H22ClN3O. The molecule has 2 aromatic carbocycles. The van der Waals surface area contributed by atoms with Gasteiger partial charge in [0.25, 0.3) is 0 Å². The van der Waals surface area contributed by atoms with Gasteiger partial charge in [-0.05, 0) is 42.0 Å². The molecule has 0 atom stereocenters. The van der Waals surface area contributed by atoms with Gasteiger partial charge in [0.05, 0.1) is 11.2 Å².